The van der Waals surface area contributed by atoms with Gasteiger partial charge in [-0.05, 0) is 37.5 Å². The van der Waals surface area contributed by atoms with Gasteiger partial charge in [0, 0.05) is 11.1 Å². The molecular formula is C14H17ClN4. The van der Waals surface area contributed by atoms with Gasteiger partial charge < -0.3 is 5.32 Å². The van der Waals surface area contributed by atoms with Crippen molar-refractivity contribution >= 4 is 17.3 Å². The summed E-state index contributed by atoms with van der Waals surface area (Å²) < 4.78 is 1.75. The number of hydrogen-bond donors (Lipinski definition) is 1. The van der Waals surface area contributed by atoms with Gasteiger partial charge in [-0.25, -0.2) is 9.67 Å². The molecule has 2 aromatic rings. The van der Waals surface area contributed by atoms with Gasteiger partial charge in [0.1, 0.15) is 12.7 Å². The van der Waals surface area contributed by atoms with Crippen LogP contribution in [0.3, 0.4) is 0 Å². The van der Waals surface area contributed by atoms with E-state index in [1.54, 1.807) is 11.0 Å². The molecule has 0 aliphatic heterocycles. The minimum atomic E-state index is 0.438. The van der Waals surface area contributed by atoms with Crippen molar-refractivity contribution in [3.63, 3.8) is 0 Å². The second-order valence-corrected chi connectivity index (χ2v) is 5.66. The SMILES string of the molecule is CC(CC1CC1)Nc1cc(Cl)ccc1-n1cncn1. The molecule has 0 saturated heterocycles. The minimum absolute atomic E-state index is 0.438. The fourth-order valence-electron chi connectivity index (χ4n) is 2.33. The van der Waals surface area contributed by atoms with Crippen molar-refractivity contribution in [2.75, 3.05) is 5.32 Å². The van der Waals surface area contributed by atoms with Crippen LogP contribution in [0.1, 0.15) is 26.2 Å². The zero-order valence-electron chi connectivity index (χ0n) is 10.9. The smallest absolute Gasteiger partial charge is 0.138 e. The van der Waals surface area contributed by atoms with Crippen molar-refractivity contribution in [2.45, 2.75) is 32.2 Å². The number of rotatable bonds is 5. The van der Waals surface area contributed by atoms with E-state index in [0.717, 1.165) is 22.3 Å². The summed E-state index contributed by atoms with van der Waals surface area (Å²) in [6.07, 6.45) is 7.18. The highest BCUT2D eigenvalue weighted by atomic mass is 35.5. The van der Waals surface area contributed by atoms with E-state index in [4.69, 9.17) is 11.6 Å². The van der Waals surface area contributed by atoms with E-state index < -0.39 is 0 Å². The quantitative estimate of drug-likeness (QED) is 0.909. The molecule has 0 bridgehead atoms. The van der Waals surface area contributed by atoms with Gasteiger partial charge in [0.25, 0.3) is 0 Å². The highest BCUT2D eigenvalue weighted by Crippen LogP contribution is 2.34. The zero-order chi connectivity index (χ0) is 13.2. The Balaban J connectivity index is 1.83. The first-order valence-corrected chi connectivity index (χ1v) is 7.01. The van der Waals surface area contributed by atoms with Crippen molar-refractivity contribution in [1.29, 1.82) is 0 Å². The molecule has 1 N–H and O–H groups in total. The van der Waals surface area contributed by atoms with E-state index in [1.165, 1.54) is 25.6 Å². The molecule has 0 spiro atoms. The molecule has 1 atom stereocenters. The third-order valence-corrected chi connectivity index (χ3v) is 3.64. The molecule has 1 heterocycles. The van der Waals surface area contributed by atoms with Crippen LogP contribution in [-0.4, -0.2) is 20.8 Å². The average Bonchev–Trinajstić information content (AvgIpc) is 3.02. The monoisotopic (exact) mass is 276 g/mol. The summed E-state index contributed by atoms with van der Waals surface area (Å²) in [6.45, 7) is 2.21. The van der Waals surface area contributed by atoms with Gasteiger partial charge in [0.05, 0.1) is 11.4 Å². The lowest BCUT2D eigenvalue weighted by atomic mass is 10.1. The van der Waals surface area contributed by atoms with Crippen LogP contribution >= 0.6 is 11.6 Å². The van der Waals surface area contributed by atoms with E-state index in [1.807, 2.05) is 18.2 Å². The fourth-order valence-corrected chi connectivity index (χ4v) is 2.51. The molecule has 1 unspecified atom stereocenters. The lowest BCUT2D eigenvalue weighted by Crippen LogP contribution is -2.17. The number of nitrogens with zero attached hydrogens (tertiary/aromatic N) is 3. The summed E-state index contributed by atoms with van der Waals surface area (Å²) in [7, 11) is 0. The minimum Gasteiger partial charge on any atom is -0.381 e. The number of halogens is 1. The Morgan fingerprint density at radius 2 is 2.32 bits per heavy atom. The highest BCUT2D eigenvalue weighted by Gasteiger charge is 2.23. The highest BCUT2D eigenvalue weighted by molar-refractivity contribution is 6.31. The third kappa shape index (κ3) is 3.07. The van der Waals surface area contributed by atoms with E-state index in [9.17, 15) is 0 Å². The fraction of sp³-hybridized carbons (Fsp3) is 0.429. The average molecular weight is 277 g/mol. The van der Waals surface area contributed by atoms with E-state index >= 15 is 0 Å². The summed E-state index contributed by atoms with van der Waals surface area (Å²) in [6, 6.07) is 6.22. The Morgan fingerprint density at radius 3 is 3.00 bits per heavy atom. The van der Waals surface area contributed by atoms with E-state index in [2.05, 4.69) is 22.3 Å². The maximum atomic E-state index is 6.09. The molecule has 5 heteroatoms. The molecule has 100 valence electrons. The number of anilines is 1. The summed E-state index contributed by atoms with van der Waals surface area (Å²) in [5.41, 5.74) is 1.98. The first kappa shape index (κ1) is 12.5. The summed E-state index contributed by atoms with van der Waals surface area (Å²) in [4.78, 5) is 3.99. The Hall–Kier alpha value is -1.55. The second kappa shape index (κ2) is 5.21. The molecule has 4 nitrogen and oxygen atoms in total. The molecule has 0 amide bonds. The summed E-state index contributed by atoms with van der Waals surface area (Å²) in [5, 5.41) is 8.44. The molecular weight excluding hydrogens is 260 g/mol. The number of benzene rings is 1. The lowest BCUT2D eigenvalue weighted by molar-refractivity contribution is 0.641. The molecule has 1 saturated carbocycles. The first-order valence-electron chi connectivity index (χ1n) is 6.63. The lowest BCUT2D eigenvalue weighted by Gasteiger charge is -2.18. The Labute approximate surface area is 117 Å². The van der Waals surface area contributed by atoms with Crippen LogP contribution in [0, 0.1) is 5.92 Å². The van der Waals surface area contributed by atoms with Gasteiger partial charge in [-0.2, -0.15) is 5.10 Å². The Morgan fingerprint density at radius 1 is 1.47 bits per heavy atom. The number of aromatic nitrogens is 3. The Bertz CT molecular complexity index is 549. The summed E-state index contributed by atoms with van der Waals surface area (Å²) in [5.74, 6) is 0.900. The van der Waals surface area contributed by atoms with Gasteiger partial charge in [-0.15, -0.1) is 0 Å². The maximum absolute atomic E-state index is 6.09. The van der Waals surface area contributed by atoms with E-state index in [0.29, 0.717) is 6.04 Å². The van der Waals surface area contributed by atoms with Crippen LogP contribution in [-0.2, 0) is 0 Å². The van der Waals surface area contributed by atoms with Gasteiger partial charge in [-0.1, -0.05) is 24.4 Å². The van der Waals surface area contributed by atoms with Crippen LogP contribution in [0.4, 0.5) is 5.69 Å². The molecule has 3 rings (SSSR count). The van der Waals surface area contributed by atoms with Gasteiger partial charge in [0.15, 0.2) is 0 Å². The molecule has 0 radical (unpaired) electrons. The van der Waals surface area contributed by atoms with E-state index in [-0.39, 0.29) is 0 Å². The standard InChI is InChI=1S/C14H17ClN4/c1-10(6-11-2-3-11)18-13-7-12(15)4-5-14(13)19-9-16-8-17-19/h4-5,7-11,18H,2-3,6H2,1H3. The molecule has 1 fully saturated rings. The molecule has 1 aliphatic carbocycles. The normalized spacial score (nSPS) is 16.3. The number of hydrogen-bond acceptors (Lipinski definition) is 3. The van der Waals surface area contributed by atoms with Crippen molar-refractivity contribution in [3.8, 4) is 5.69 Å². The van der Waals surface area contributed by atoms with Gasteiger partial charge >= 0.3 is 0 Å². The molecule has 19 heavy (non-hydrogen) atoms. The summed E-state index contributed by atoms with van der Waals surface area (Å²) >= 11 is 6.09. The predicted octanol–water partition coefficient (Wildman–Crippen LogP) is 3.52. The van der Waals surface area contributed by atoms with Crippen molar-refractivity contribution in [3.05, 3.63) is 35.9 Å². The first-order chi connectivity index (χ1) is 9.22. The topological polar surface area (TPSA) is 42.7 Å². The van der Waals surface area contributed by atoms with Gasteiger partial charge in [0.2, 0.25) is 0 Å². The third-order valence-electron chi connectivity index (χ3n) is 3.41. The van der Waals surface area contributed by atoms with Gasteiger partial charge in [-0.3, -0.25) is 0 Å². The largest absolute Gasteiger partial charge is 0.381 e. The van der Waals surface area contributed by atoms with Crippen LogP contribution in [0.15, 0.2) is 30.9 Å². The maximum Gasteiger partial charge on any atom is 0.138 e. The van der Waals surface area contributed by atoms with Crippen LogP contribution < -0.4 is 5.32 Å². The van der Waals surface area contributed by atoms with Crippen molar-refractivity contribution in [1.82, 2.24) is 14.8 Å². The molecule has 1 aromatic carbocycles. The second-order valence-electron chi connectivity index (χ2n) is 5.23. The Kier molecular flexibility index (Phi) is 3.42. The van der Waals surface area contributed by atoms with Crippen LogP contribution in [0.5, 0.6) is 0 Å². The van der Waals surface area contributed by atoms with Crippen LogP contribution in [0.25, 0.3) is 5.69 Å². The number of nitrogens with one attached hydrogen (secondary N) is 1. The van der Waals surface area contributed by atoms with Crippen molar-refractivity contribution < 1.29 is 0 Å². The van der Waals surface area contributed by atoms with Crippen LogP contribution in [0.2, 0.25) is 5.02 Å². The zero-order valence-corrected chi connectivity index (χ0v) is 11.6. The molecule has 1 aromatic heterocycles. The van der Waals surface area contributed by atoms with Crippen molar-refractivity contribution in [2.24, 2.45) is 5.92 Å². The molecule has 1 aliphatic rings. The predicted molar refractivity (Wildman–Crippen MR) is 76.8 cm³/mol.